The van der Waals surface area contributed by atoms with Crippen molar-refractivity contribution in [1.29, 1.82) is 0 Å². The number of nitrogens with zero attached hydrogens (tertiary/aromatic N) is 2. The highest BCUT2D eigenvalue weighted by Crippen LogP contribution is 2.31. The molecule has 0 bridgehead atoms. The van der Waals surface area contributed by atoms with Crippen molar-refractivity contribution in [3.05, 3.63) is 90.3 Å². The third-order valence-electron chi connectivity index (χ3n) is 6.03. The predicted molar refractivity (Wildman–Crippen MR) is 128 cm³/mol. The second kappa shape index (κ2) is 11.5. The molecule has 2 aromatic carbocycles. The predicted octanol–water partition coefficient (Wildman–Crippen LogP) is 4.09. The minimum Gasteiger partial charge on any atom is -0.497 e. The number of methoxy groups -OCH3 is 1. The van der Waals surface area contributed by atoms with E-state index < -0.39 is 0 Å². The number of rotatable bonds is 9. The number of carbonyl (C=O) groups excluding carboxylic acids is 1. The molecule has 172 valence electrons. The molecule has 0 aliphatic carbocycles. The summed E-state index contributed by atoms with van der Waals surface area (Å²) < 4.78 is 11.3. The van der Waals surface area contributed by atoms with Crippen LogP contribution in [0.4, 0.5) is 0 Å². The zero-order chi connectivity index (χ0) is 22.9. The molecule has 33 heavy (non-hydrogen) atoms. The summed E-state index contributed by atoms with van der Waals surface area (Å²) in [6.07, 6.45) is 3.46. The smallest absolute Gasteiger partial charge is 0.226 e. The SMILES string of the molecule is COc1ccc([C@@H](c2ccccn2)N(CCOc2ccccc2)C(=O)C2CCNCC2)cc1. The van der Waals surface area contributed by atoms with Gasteiger partial charge in [-0.1, -0.05) is 36.4 Å². The summed E-state index contributed by atoms with van der Waals surface area (Å²) in [5.74, 6) is 1.72. The van der Waals surface area contributed by atoms with Crippen LogP contribution < -0.4 is 14.8 Å². The van der Waals surface area contributed by atoms with Crippen molar-refractivity contribution < 1.29 is 14.3 Å². The maximum Gasteiger partial charge on any atom is 0.226 e. The van der Waals surface area contributed by atoms with Gasteiger partial charge in [0.15, 0.2) is 0 Å². The summed E-state index contributed by atoms with van der Waals surface area (Å²) in [7, 11) is 1.65. The van der Waals surface area contributed by atoms with Gasteiger partial charge in [-0.25, -0.2) is 0 Å². The lowest BCUT2D eigenvalue weighted by Gasteiger charge is -2.35. The number of hydrogen-bond donors (Lipinski definition) is 1. The fraction of sp³-hybridized carbons (Fsp3) is 0.333. The van der Waals surface area contributed by atoms with E-state index in [4.69, 9.17) is 9.47 Å². The number of hydrogen-bond acceptors (Lipinski definition) is 5. The topological polar surface area (TPSA) is 63.7 Å². The molecule has 1 fully saturated rings. The lowest BCUT2D eigenvalue weighted by Crippen LogP contribution is -2.45. The minimum atomic E-state index is -0.307. The second-order valence-electron chi connectivity index (χ2n) is 8.15. The Balaban J connectivity index is 1.65. The van der Waals surface area contributed by atoms with Crippen molar-refractivity contribution >= 4 is 5.91 Å². The molecule has 4 rings (SSSR count). The van der Waals surface area contributed by atoms with Crippen molar-refractivity contribution in [3.63, 3.8) is 0 Å². The standard InChI is InChI=1S/C27H31N3O3/c1-32-23-12-10-21(11-13-23)26(25-9-5-6-16-29-25)30(27(31)22-14-17-28-18-15-22)19-20-33-24-7-3-2-4-8-24/h2-13,16,22,26,28H,14-15,17-20H2,1H3/t26-/m0/s1. The van der Waals surface area contributed by atoms with Crippen molar-refractivity contribution in [3.8, 4) is 11.5 Å². The molecule has 0 radical (unpaired) electrons. The Labute approximate surface area is 195 Å². The van der Waals surface area contributed by atoms with Crippen molar-refractivity contribution in [2.24, 2.45) is 5.92 Å². The lowest BCUT2D eigenvalue weighted by molar-refractivity contribution is -0.138. The van der Waals surface area contributed by atoms with Gasteiger partial charge in [0, 0.05) is 12.1 Å². The van der Waals surface area contributed by atoms with Crippen molar-refractivity contribution in [1.82, 2.24) is 15.2 Å². The van der Waals surface area contributed by atoms with Gasteiger partial charge in [-0.3, -0.25) is 9.78 Å². The second-order valence-corrected chi connectivity index (χ2v) is 8.15. The number of pyridine rings is 1. The van der Waals surface area contributed by atoms with E-state index in [1.165, 1.54) is 0 Å². The third kappa shape index (κ3) is 5.90. The molecule has 0 saturated carbocycles. The number of aromatic nitrogens is 1. The Hall–Kier alpha value is -3.38. The molecule has 1 aliphatic heterocycles. The first-order chi connectivity index (χ1) is 16.3. The number of amides is 1. The van der Waals surface area contributed by atoms with Gasteiger partial charge in [0.05, 0.1) is 25.4 Å². The van der Waals surface area contributed by atoms with E-state index >= 15 is 0 Å². The van der Waals surface area contributed by atoms with E-state index in [0.717, 1.165) is 48.7 Å². The lowest BCUT2D eigenvalue weighted by atomic mass is 9.93. The average Bonchev–Trinajstić information content (AvgIpc) is 2.90. The fourth-order valence-electron chi connectivity index (χ4n) is 4.28. The highest BCUT2D eigenvalue weighted by atomic mass is 16.5. The first kappa shape index (κ1) is 22.8. The molecule has 6 nitrogen and oxygen atoms in total. The molecule has 0 spiro atoms. The number of piperidine rings is 1. The normalized spacial score (nSPS) is 14.9. The summed E-state index contributed by atoms with van der Waals surface area (Å²) in [5.41, 5.74) is 1.83. The van der Waals surface area contributed by atoms with Crippen LogP contribution in [0.5, 0.6) is 11.5 Å². The molecule has 0 unspecified atom stereocenters. The maximum absolute atomic E-state index is 13.8. The summed E-state index contributed by atoms with van der Waals surface area (Å²) in [6, 6.07) is 23.1. The third-order valence-corrected chi connectivity index (χ3v) is 6.03. The number of benzene rings is 2. The van der Waals surface area contributed by atoms with Crippen LogP contribution in [0.25, 0.3) is 0 Å². The molecule has 1 saturated heterocycles. The maximum atomic E-state index is 13.8. The molecule has 6 heteroatoms. The molecule has 1 atom stereocenters. The van der Waals surface area contributed by atoms with Crippen LogP contribution in [-0.2, 0) is 4.79 Å². The van der Waals surface area contributed by atoms with Crippen LogP contribution in [0, 0.1) is 5.92 Å². The van der Waals surface area contributed by atoms with Gasteiger partial charge in [0.2, 0.25) is 5.91 Å². The molecule has 3 aromatic rings. The number of para-hydroxylation sites is 1. The fourth-order valence-corrected chi connectivity index (χ4v) is 4.28. The van der Waals surface area contributed by atoms with Crippen LogP contribution >= 0.6 is 0 Å². The number of ether oxygens (including phenoxy) is 2. The van der Waals surface area contributed by atoms with E-state index in [9.17, 15) is 4.79 Å². The minimum absolute atomic E-state index is 0.00700. The molecular formula is C27H31N3O3. The van der Waals surface area contributed by atoms with Gasteiger partial charge in [-0.2, -0.15) is 0 Å². The molecular weight excluding hydrogens is 414 g/mol. The Morgan fingerprint density at radius 1 is 1.00 bits per heavy atom. The zero-order valence-electron chi connectivity index (χ0n) is 19.0. The monoisotopic (exact) mass is 445 g/mol. The van der Waals surface area contributed by atoms with Crippen LogP contribution in [-0.4, -0.2) is 49.1 Å². The molecule has 1 aliphatic rings. The van der Waals surface area contributed by atoms with Gasteiger partial charge >= 0.3 is 0 Å². The van der Waals surface area contributed by atoms with E-state index in [1.807, 2.05) is 77.7 Å². The van der Waals surface area contributed by atoms with Gasteiger partial charge in [0.25, 0.3) is 0 Å². The molecule has 1 amide bonds. The van der Waals surface area contributed by atoms with Crippen LogP contribution in [0.1, 0.15) is 30.1 Å². The first-order valence-electron chi connectivity index (χ1n) is 11.5. The summed E-state index contributed by atoms with van der Waals surface area (Å²) in [4.78, 5) is 20.4. The summed E-state index contributed by atoms with van der Waals surface area (Å²) in [6.45, 7) is 2.59. The van der Waals surface area contributed by atoms with E-state index in [1.54, 1.807) is 13.3 Å². The van der Waals surface area contributed by atoms with E-state index in [0.29, 0.717) is 13.2 Å². The van der Waals surface area contributed by atoms with Crippen LogP contribution in [0.3, 0.4) is 0 Å². The van der Waals surface area contributed by atoms with Gasteiger partial charge < -0.3 is 19.7 Å². The van der Waals surface area contributed by atoms with Gasteiger partial charge in [0.1, 0.15) is 18.1 Å². The first-order valence-corrected chi connectivity index (χ1v) is 11.5. The Bertz CT molecular complexity index is 990. The van der Waals surface area contributed by atoms with Crippen LogP contribution in [0.15, 0.2) is 79.0 Å². The Morgan fingerprint density at radius 3 is 2.39 bits per heavy atom. The number of nitrogens with one attached hydrogen (secondary N) is 1. The summed E-state index contributed by atoms with van der Waals surface area (Å²) >= 11 is 0. The van der Waals surface area contributed by atoms with Crippen LogP contribution in [0.2, 0.25) is 0 Å². The highest BCUT2D eigenvalue weighted by Gasteiger charge is 2.33. The average molecular weight is 446 g/mol. The summed E-state index contributed by atoms with van der Waals surface area (Å²) in [5, 5.41) is 3.36. The van der Waals surface area contributed by atoms with Gasteiger partial charge in [-0.05, 0) is 67.9 Å². The highest BCUT2D eigenvalue weighted by molar-refractivity contribution is 5.80. The molecule has 1 N–H and O–H groups in total. The van der Waals surface area contributed by atoms with Crippen molar-refractivity contribution in [2.45, 2.75) is 18.9 Å². The van der Waals surface area contributed by atoms with Crippen molar-refractivity contribution in [2.75, 3.05) is 33.4 Å². The van der Waals surface area contributed by atoms with Gasteiger partial charge in [-0.15, -0.1) is 0 Å². The van der Waals surface area contributed by atoms with E-state index in [2.05, 4.69) is 10.3 Å². The Morgan fingerprint density at radius 2 is 1.73 bits per heavy atom. The molecule has 1 aromatic heterocycles. The number of carbonyl (C=O) groups is 1. The quantitative estimate of drug-likeness (QED) is 0.538. The van der Waals surface area contributed by atoms with E-state index in [-0.39, 0.29) is 17.9 Å². The zero-order valence-corrected chi connectivity index (χ0v) is 19.0. The largest absolute Gasteiger partial charge is 0.497 e. The Kier molecular flexibility index (Phi) is 7.93. The molecule has 2 heterocycles.